The molecule has 0 bridgehead atoms. The van der Waals surface area contributed by atoms with Crippen LogP contribution in [0.1, 0.15) is 54.6 Å². The predicted molar refractivity (Wildman–Crippen MR) is 163 cm³/mol. The monoisotopic (exact) mass is 661 g/mol. The molecule has 0 radical (unpaired) electrons. The lowest BCUT2D eigenvalue weighted by Gasteiger charge is -2.34. The van der Waals surface area contributed by atoms with Gasteiger partial charge >= 0.3 is 12.3 Å². The summed E-state index contributed by atoms with van der Waals surface area (Å²) in [7, 11) is -4.48. The van der Waals surface area contributed by atoms with E-state index in [-0.39, 0.29) is 25.2 Å². The number of anilines is 1. The van der Waals surface area contributed by atoms with Crippen molar-refractivity contribution in [2.75, 3.05) is 18.5 Å². The lowest BCUT2D eigenvalue weighted by atomic mass is 10.0. The first kappa shape index (κ1) is 34.4. The number of benzene rings is 3. The smallest absolute Gasteiger partial charge is 0.416 e. The van der Waals surface area contributed by atoms with E-state index in [1.54, 1.807) is 48.5 Å². The number of Topliss-reactive ketones (excluding diaryl/α,β-unsaturated/α-hetero) is 1. The van der Waals surface area contributed by atoms with Crippen LogP contribution in [0.25, 0.3) is 0 Å². The van der Waals surface area contributed by atoms with Gasteiger partial charge in [0.15, 0.2) is 12.0 Å². The topological polar surface area (TPSA) is 131 Å². The first-order valence-corrected chi connectivity index (χ1v) is 16.0. The minimum Gasteiger partial charge on any atom is -0.494 e. The first-order chi connectivity index (χ1) is 21.8. The van der Waals surface area contributed by atoms with E-state index in [1.165, 1.54) is 6.92 Å². The lowest BCUT2D eigenvalue weighted by Crippen LogP contribution is -2.50. The summed E-state index contributed by atoms with van der Waals surface area (Å²) in [6.07, 6.45) is -6.17. The fraction of sp³-hybridized carbons (Fsp3) is 0.344. The first-order valence-electron chi connectivity index (χ1n) is 14.6. The van der Waals surface area contributed by atoms with Gasteiger partial charge in [0.05, 0.1) is 17.1 Å². The summed E-state index contributed by atoms with van der Waals surface area (Å²) in [6.45, 7) is 3.63. The second-order valence-corrected chi connectivity index (χ2v) is 12.5. The highest BCUT2D eigenvalue weighted by molar-refractivity contribution is 7.89. The maximum absolute atomic E-state index is 13.4. The molecule has 2 N–H and O–H groups in total. The minimum absolute atomic E-state index is 0.00688. The maximum atomic E-state index is 13.4. The zero-order valence-corrected chi connectivity index (χ0v) is 26.0. The van der Waals surface area contributed by atoms with Crippen LogP contribution >= 0.6 is 0 Å². The van der Waals surface area contributed by atoms with Gasteiger partial charge in [0.25, 0.3) is 0 Å². The molecule has 2 amide bonds. The molecule has 14 heteroatoms. The summed E-state index contributed by atoms with van der Waals surface area (Å²) in [5.74, 6) is -0.148. The molecule has 0 spiro atoms. The standard InChI is InChI=1S/C32H34F3N3O7S/c1-3-44-26-16-14-25(15-17-26)36-30(40)28(19-22-10-12-23(13-11-22)21(2)39)37-31(41)45-29-9-4-5-18-38(29)46(42,43)27-8-6-7-24(20-27)32(33,34)35/h6-8,10-17,20,28-29H,3-5,9,18-19H2,1-2H3,(H,36,40)(H,37,41)/t28-,29-/m0/s1. The van der Waals surface area contributed by atoms with Gasteiger partial charge in [-0.05, 0) is 81.1 Å². The van der Waals surface area contributed by atoms with Crippen molar-refractivity contribution in [3.8, 4) is 5.75 Å². The number of alkyl halides is 3. The molecule has 46 heavy (non-hydrogen) atoms. The van der Waals surface area contributed by atoms with Crippen LogP contribution in [0.5, 0.6) is 5.75 Å². The van der Waals surface area contributed by atoms with Crippen molar-refractivity contribution >= 4 is 33.5 Å². The molecule has 1 aliphatic heterocycles. The van der Waals surface area contributed by atoms with E-state index < -0.39 is 50.9 Å². The molecule has 0 unspecified atom stereocenters. The second kappa shape index (κ2) is 14.8. The highest BCUT2D eigenvalue weighted by Crippen LogP contribution is 2.33. The van der Waals surface area contributed by atoms with Gasteiger partial charge in [0, 0.05) is 24.2 Å². The number of sulfonamides is 1. The molecule has 1 saturated heterocycles. The van der Waals surface area contributed by atoms with Crippen LogP contribution in [0, 0.1) is 0 Å². The number of carbonyl (C=O) groups excluding carboxylic acids is 3. The van der Waals surface area contributed by atoms with Crippen LogP contribution in [0.3, 0.4) is 0 Å². The molecule has 1 heterocycles. The number of piperidine rings is 1. The zero-order chi connectivity index (χ0) is 33.5. The second-order valence-electron chi connectivity index (χ2n) is 10.6. The third kappa shape index (κ3) is 8.85. The molecule has 10 nitrogen and oxygen atoms in total. The maximum Gasteiger partial charge on any atom is 0.416 e. The van der Waals surface area contributed by atoms with Gasteiger partial charge in [0.1, 0.15) is 11.8 Å². The molecule has 3 aromatic carbocycles. The molecule has 3 aromatic rings. The Hall–Kier alpha value is -4.43. The number of nitrogens with zero attached hydrogens (tertiary/aromatic N) is 1. The lowest BCUT2D eigenvalue weighted by molar-refractivity contribution is -0.137. The number of ether oxygens (including phenoxy) is 2. The van der Waals surface area contributed by atoms with Gasteiger partial charge in [0.2, 0.25) is 15.9 Å². The Morgan fingerprint density at radius 2 is 1.70 bits per heavy atom. The Bertz CT molecular complexity index is 1650. The van der Waals surface area contributed by atoms with Gasteiger partial charge in [-0.3, -0.25) is 9.59 Å². The van der Waals surface area contributed by atoms with Gasteiger partial charge in [-0.2, -0.15) is 17.5 Å². The molecule has 4 rings (SSSR count). The third-order valence-corrected chi connectivity index (χ3v) is 9.14. The highest BCUT2D eigenvalue weighted by atomic mass is 32.2. The van der Waals surface area contributed by atoms with Crippen molar-refractivity contribution in [3.05, 3.63) is 89.5 Å². The largest absolute Gasteiger partial charge is 0.494 e. The molecule has 2 atom stereocenters. The molecule has 0 aromatic heterocycles. The molecule has 0 aliphatic carbocycles. The summed E-state index contributed by atoms with van der Waals surface area (Å²) in [6, 6.07) is 15.2. The number of hydrogen-bond donors (Lipinski definition) is 2. The summed E-state index contributed by atoms with van der Waals surface area (Å²) in [4.78, 5) is 37.7. The van der Waals surface area contributed by atoms with E-state index in [4.69, 9.17) is 9.47 Å². The van der Waals surface area contributed by atoms with Gasteiger partial charge < -0.3 is 20.1 Å². The summed E-state index contributed by atoms with van der Waals surface area (Å²) < 4.78 is 78.5. The number of halogens is 3. The van der Waals surface area contributed by atoms with Crippen molar-refractivity contribution in [1.29, 1.82) is 0 Å². The van der Waals surface area contributed by atoms with Crippen molar-refractivity contribution in [3.63, 3.8) is 0 Å². The van der Waals surface area contributed by atoms with E-state index in [9.17, 15) is 36.0 Å². The average molecular weight is 662 g/mol. The van der Waals surface area contributed by atoms with Crippen LogP contribution in [0.4, 0.5) is 23.7 Å². The molecular weight excluding hydrogens is 627 g/mol. The summed E-state index contributed by atoms with van der Waals surface area (Å²) in [5.41, 5.74) is 0.374. The fourth-order valence-corrected chi connectivity index (χ4v) is 6.51. The Morgan fingerprint density at radius 1 is 1.00 bits per heavy atom. The molecule has 1 aliphatic rings. The highest BCUT2D eigenvalue weighted by Gasteiger charge is 2.38. The number of amides is 2. The molecule has 0 saturated carbocycles. The van der Waals surface area contributed by atoms with Crippen LogP contribution in [0.15, 0.2) is 77.7 Å². The van der Waals surface area contributed by atoms with Crippen LogP contribution < -0.4 is 15.4 Å². The zero-order valence-electron chi connectivity index (χ0n) is 25.2. The van der Waals surface area contributed by atoms with E-state index in [0.29, 0.717) is 48.1 Å². The number of rotatable bonds is 11. The van der Waals surface area contributed by atoms with Crippen molar-refractivity contribution in [2.24, 2.45) is 0 Å². The van der Waals surface area contributed by atoms with Crippen LogP contribution in [0.2, 0.25) is 0 Å². The van der Waals surface area contributed by atoms with Crippen molar-refractivity contribution in [1.82, 2.24) is 9.62 Å². The number of carbonyl (C=O) groups is 3. The molecule has 246 valence electrons. The number of hydrogen-bond acceptors (Lipinski definition) is 7. The SMILES string of the molecule is CCOc1ccc(NC(=O)[C@H](Cc2ccc(C(C)=O)cc2)NC(=O)O[C@H]2CCCCN2S(=O)(=O)c2cccc(C(F)(F)F)c2)cc1. The van der Waals surface area contributed by atoms with E-state index >= 15 is 0 Å². The van der Waals surface area contributed by atoms with E-state index in [1.807, 2.05) is 6.92 Å². The normalized spacial score (nSPS) is 16.2. The average Bonchev–Trinajstić information content (AvgIpc) is 3.02. The van der Waals surface area contributed by atoms with Crippen LogP contribution in [-0.4, -0.2) is 55.9 Å². The quantitative estimate of drug-likeness (QED) is 0.249. The Morgan fingerprint density at radius 3 is 2.33 bits per heavy atom. The van der Waals surface area contributed by atoms with E-state index in [2.05, 4.69) is 10.6 Å². The molecule has 1 fully saturated rings. The van der Waals surface area contributed by atoms with Gasteiger partial charge in [-0.25, -0.2) is 13.2 Å². The predicted octanol–water partition coefficient (Wildman–Crippen LogP) is 5.78. The molecular formula is C32H34F3N3O7S. The van der Waals surface area contributed by atoms with Crippen molar-refractivity contribution < 1.29 is 45.4 Å². The number of nitrogens with one attached hydrogen (secondary N) is 2. The summed E-state index contributed by atoms with van der Waals surface area (Å²) in [5, 5.41) is 5.23. The Labute approximate surface area is 264 Å². The minimum atomic E-state index is -4.75. The van der Waals surface area contributed by atoms with Gasteiger partial charge in [-0.1, -0.05) is 30.3 Å². The van der Waals surface area contributed by atoms with Crippen LogP contribution in [-0.2, 0) is 32.2 Å². The summed E-state index contributed by atoms with van der Waals surface area (Å²) >= 11 is 0. The Balaban J connectivity index is 1.53. The Kier molecular flexibility index (Phi) is 11.1. The third-order valence-electron chi connectivity index (χ3n) is 7.25. The van der Waals surface area contributed by atoms with Gasteiger partial charge in [-0.15, -0.1) is 0 Å². The number of alkyl carbamates (subject to hydrolysis) is 1. The fourth-order valence-electron chi connectivity index (χ4n) is 4.89. The number of ketones is 1. The van der Waals surface area contributed by atoms with Crippen molar-refractivity contribution in [2.45, 2.75) is 62.9 Å². The van der Waals surface area contributed by atoms with E-state index in [0.717, 1.165) is 22.5 Å².